The summed E-state index contributed by atoms with van der Waals surface area (Å²) in [5.41, 5.74) is 1.24. The molecule has 2 aromatic carbocycles. The molecular weight excluding hydrogens is 476 g/mol. The van der Waals surface area contributed by atoms with Gasteiger partial charge in [0.2, 0.25) is 0 Å². The van der Waals surface area contributed by atoms with Crippen molar-refractivity contribution in [2.75, 3.05) is 0 Å². The number of allylic oxidation sites excluding steroid dienone is 7. The van der Waals surface area contributed by atoms with E-state index < -0.39 is 0 Å². The van der Waals surface area contributed by atoms with Crippen LogP contribution < -0.4 is 5.11 Å². The normalized spacial score (nSPS) is 12.4. The fourth-order valence-electron chi connectivity index (χ4n) is 1.84. The third-order valence-electron chi connectivity index (χ3n) is 2.96. The first kappa shape index (κ1) is 20.7. The first-order chi connectivity index (χ1) is 11.1. The molecule has 0 aromatic heterocycles. The van der Waals surface area contributed by atoms with E-state index in [0.29, 0.717) is 4.47 Å². The number of aliphatic hydroxyl groups excluding tert-OH is 1. The second-order valence-electron chi connectivity index (χ2n) is 4.66. The maximum Gasteiger partial charge on any atom is 2.00 e. The minimum absolute atomic E-state index is 0. The van der Waals surface area contributed by atoms with Gasteiger partial charge in [0.1, 0.15) is 5.76 Å². The standard InChI is InChI=1S/C14H10Br2O2.C5H5.Fe/c15-10-7-11(14(18)12(16)8-10)13(17)6-5-9-3-1-2-4-9;1-2-4-5-3-1;/h1-8,17-18H;1-5H;/q;-1;+2/p-1. The Morgan fingerprint density at radius 3 is 2.25 bits per heavy atom. The van der Waals surface area contributed by atoms with Crippen molar-refractivity contribution >= 4 is 37.6 Å². The molecule has 0 saturated heterocycles. The van der Waals surface area contributed by atoms with E-state index in [2.05, 4.69) is 31.9 Å². The molecule has 2 aromatic rings. The van der Waals surface area contributed by atoms with E-state index >= 15 is 0 Å². The SMILES string of the molecule is [Fe+2].[O-]c1c(Br)cc(Br)cc1C(O)=CC=C1C=CC=C1.c1cc[cH-]c1. The van der Waals surface area contributed by atoms with Gasteiger partial charge in [0.15, 0.2) is 0 Å². The molecule has 1 N–H and O–H groups in total. The molecule has 0 radical (unpaired) electrons. The Labute approximate surface area is 169 Å². The van der Waals surface area contributed by atoms with Gasteiger partial charge in [-0.15, -0.1) is 0 Å². The molecule has 124 valence electrons. The summed E-state index contributed by atoms with van der Waals surface area (Å²) in [6.07, 6.45) is 10.9. The van der Waals surface area contributed by atoms with E-state index in [1.54, 1.807) is 18.2 Å². The molecular formula is C19H14Br2FeO2. The predicted octanol–water partition coefficient (Wildman–Crippen LogP) is 5.64. The fourth-order valence-corrected chi connectivity index (χ4v) is 3.06. The second kappa shape index (κ2) is 10.5. The monoisotopic (exact) mass is 488 g/mol. The Balaban J connectivity index is 0.000000412. The van der Waals surface area contributed by atoms with Gasteiger partial charge in [-0.1, -0.05) is 68.0 Å². The summed E-state index contributed by atoms with van der Waals surface area (Å²) < 4.78 is 1.15. The summed E-state index contributed by atoms with van der Waals surface area (Å²) in [6, 6.07) is 13.2. The molecule has 0 heterocycles. The van der Waals surface area contributed by atoms with Crippen LogP contribution in [0.25, 0.3) is 5.76 Å². The topological polar surface area (TPSA) is 43.3 Å². The summed E-state index contributed by atoms with van der Waals surface area (Å²) in [7, 11) is 0. The third kappa shape index (κ3) is 6.25. The van der Waals surface area contributed by atoms with Crippen molar-refractivity contribution in [3.8, 4) is 5.75 Å². The number of aliphatic hydroxyl groups is 1. The first-order valence-electron chi connectivity index (χ1n) is 6.87. The zero-order valence-electron chi connectivity index (χ0n) is 12.5. The van der Waals surface area contributed by atoms with Gasteiger partial charge in [-0.05, 0) is 23.8 Å². The van der Waals surface area contributed by atoms with Crippen molar-refractivity contribution in [1.82, 2.24) is 0 Å². The van der Waals surface area contributed by atoms with Crippen molar-refractivity contribution in [2.45, 2.75) is 0 Å². The summed E-state index contributed by atoms with van der Waals surface area (Å²) in [6.45, 7) is 0. The Kier molecular flexibility index (Phi) is 9.01. The Bertz CT molecular complexity index is 742. The molecule has 24 heavy (non-hydrogen) atoms. The second-order valence-corrected chi connectivity index (χ2v) is 6.43. The summed E-state index contributed by atoms with van der Waals surface area (Å²) in [5, 5.41) is 21.8. The quantitative estimate of drug-likeness (QED) is 0.337. The van der Waals surface area contributed by atoms with Crippen LogP contribution in [0.1, 0.15) is 5.56 Å². The van der Waals surface area contributed by atoms with Gasteiger partial charge in [-0.2, -0.15) is 18.2 Å². The van der Waals surface area contributed by atoms with Crippen molar-refractivity contribution in [3.63, 3.8) is 0 Å². The van der Waals surface area contributed by atoms with E-state index in [1.165, 1.54) is 6.08 Å². The molecule has 0 fully saturated rings. The van der Waals surface area contributed by atoms with Crippen molar-refractivity contribution in [1.29, 1.82) is 0 Å². The fraction of sp³-hybridized carbons (Fsp3) is 0. The molecule has 0 bridgehead atoms. The van der Waals surface area contributed by atoms with Crippen LogP contribution in [-0.4, -0.2) is 5.11 Å². The molecule has 2 nitrogen and oxygen atoms in total. The first-order valence-corrected chi connectivity index (χ1v) is 8.45. The summed E-state index contributed by atoms with van der Waals surface area (Å²) in [4.78, 5) is 0. The Morgan fingerprint density at radius 1 is 1.08 bits per heavy atom. The zero-order chi connectivity index (χ0) is 16.7. The van der Waals surface area contributed by atoms with Gasteiger partial charge in [-0.3, -0.25) is 0 Å². The number of benzene rings is 1. The van der Waals surface area contributed by atoms with Gasteiger partial charge >= 0.3 is 17.1 Å². The molecule has 0 amide bonds. The molecule has 3 rings (SSSR count). The van der Waals surface area contributed by atoms with Crippen LogP contribution in [0.3, 0.4) is 0 Å². The van der Waals surface area contributed by atoms with Crippen LogP contribution in [0.4, 0.5) is 0 Å². The van der Waals surface area contributed by atoms with Crippen molar-refractivity contribution < 1.29 is 27.3 Å². The maximum absolute atomic E-state index is 11.8. The minimum Gasteiger partial charge on any atom is -0.871 e. The van der Waals surface area contributed by atoms with Crippen molar-refractivity contribution in [2.24, 2.45) is 0 Å². The van der Waals surface area contributed by atoms with Gasteiger partial charge in [-0.25, -0.2) is 12.1 Å². The molecule has 0 saturated carbocycles. The smallest absolute Gasteiger partial charge is 0.871 e. The van der Waals surface area contributed by atoms with E-state index in [1.807, 2.05) is 54.6 Å². The van der Waals surface area contributed by atoms with Crippen LogP contribution in [0, 0.1) is 0 Å². The van der Waals surface area contributed by atoms with E-state index in [9.17, 15) is 10.2 Å². The number of hydrogen-bond acceptors (Lipinski definition) is 2. The minimum atomic E-state index is -0.233. The number of hydrogen-bond donors (Lipinski definition) is 1. The van der Waals surface area contributed by atoms with Crippen LogP contribution in [0.2, 0.25) is 0 Å². The van der Waals surface area contributed by atoms with Gasteiger partial charge in [0.25, 0.3) is 0 Å². The van der Waals surface area contributed by atoms with E-state index in [0.717, 1.165) is 10.0 Å². The van der Waals surface area contributed by atoms with Crippen molar-refractivity contribution in [3.05, 3.63) is 99.0 Å². The molecule has 1 aliphatic rings. The molecule has 5 heteroatoms. The third-order valence-corrected chi connectivity index (χ3v) is 4.01. The van der Waals surface area contributed by atoms with E-state index in [-0.39, 0.29) is 34.1 Å². The Hall–Kier alpha value is -1.39. The number of rotatable bonds is 2. The molecule has 0 unspecified atom stereocenters. The molecule has 0 spiro atoms. The van der Waals surface area contributed by atoms with Crippen LogP contribution >= 0.6 is 31.9 Å². The summed E-state index contributed by atoms with van der Waals surface area (Å²) in [5.74, 6) is -0.286. The zero-order valence-corrected chi connectivity index (χ0v) is 16.7. The molecule has 0 aliphatic heterocycles. The predicted molar refractivity (Wildman–Crippen MR) is 100 cm³/mol. The largest absolute Gasteiger partial charge is 2.00 e. The maximum atomic E-state index is 11.8. The van der Waals surface area contributed by atoms with Crippen LogP contribution in [0.5, 0.6) is 5.75 Å². The Morgan fingerprint density at radius 2 is 1.71 bits per heavy atom. The molecule has 0 atom stereocenters. The van der Waals surface area contributed by atoms with Gasteiger partial charge in [0, 0.05) is 14.5 Å². The average Bonchev–Trinajstić information content (AvgIpc) is 3.24. The average molecular weight is 490 g/mol. The number of halogens is 2. The van der Waals surface area contributed by atoms with Crippen LogP contribution in [-0.2, 0) is 17.1 Å². The summed E-state index contributed by atoms with van der Waals surface area (Å²) >= 11 is 6.45. The molecule has 1 aliphatic carbocycles. The van der Waals surface area contributed by atoms with Crippen LogP contribution in [0.15, 0.2) is 93.4 Å². The van der Waals surface area contributed by atoms with Gasteiger partial charge in [0.05, 0.1) is 0 Å². The van der Waals surface area contributed by atoms with E-state index in [4.69, 9.17) is 0 Å². The van der Waals surface area contributed by atoms with Gasteiger partial charge < -0.3 is 10.2 Å².